The molecule has 0 fully saturated rings. The SMILES string of the molecule is CC(C)NCC(Cc1ccc(F)cc1)Cc1ccco1. The monoisotopic (exact) mass is 275 g/mol. The molecule has 2 nitrogen and oxygen atoms in total. The summed E-state index contributed by atoms with van der Waals surface area (Å²) >= 11 is 0. The third kappa shape index (κ3) is 4.82. The Morgan fingerprint density at radius 2 is 1.85 bits per heavy atom. The summed E-state index contributed by atoms with van der Waals surface area (Å²) in [5, 5.41) is 3.47. The molecule has 1 unspecified atom stereocenters. The molecule has 1 N–H and O–H groups in total. The number of rotatable bonds is 7. The van der Waals surface area contributed by atoms with E-state index in [2.05, 4.69) is 19.2 Å². The zero-order valence-corrected chi connectivity index (χ0v) is 12.1. The van der Waals surface area contributed by atoms with Crippen LogP contribution < -0.4 is 5.32 Å². The zero-order valence-electron chi connectivity index (χ0n) is 12.1. The molecule has 0 aliphatic rings. The Balaban J connectivity index is 1.99. The lowest BCUT2D eigenvalue weighted by Gasteiger charge is -2.18. The van der Waals surface area contributed by atoms with Crippen molar-refractivity contribution >= 4 is 0 Å². The number of hydrogen-bond acceptors (Lipinski definition) is 2. The number of halogens is 1. The summed E-state index contributed by atoms with van der Waals surface area (Å²) in [5.74, 6) is 1.26. The van der Waals surface area contributed by atoms with E-state index in [1.165, 1.54) is 12.1 Å². The smallest absolute Gasteiger partial charge is 0.123 e. The molecule has 1 aromatic heterocycles. The maximum atomic E-state index is 13.0. The molecule has 108 valence electrons. The van der Waals surface area contributed by atoms with Gasteiger partial charge in [0.15, 0.2) is 0 Å². The van der Waals surface area contributed by atoms with E-state index in [0.717, 1.165) is 30.7 Å². The lowest BCUT2D eigenvalue weighted by Crippen LogP contribution is -2.31. The fraction of sp³-hybridized carbons (Fsp3) is 0.412. The van der Waals surface area contributed by atoms with Crippen LogP contribution in [0.2, 0.25) is 0 Å². The van der Waals surface area contributed by atoms with Crippen molar-refractivity contribution in [3.05, 3.63) is 59.8 Å². The highest BCUT2D eigenvalue weighted by molar-refractivity contribution is 5.17. The Bertz CT molecular complexity index is 490. The van der Waals surface area contributed by atoms with E-state index in [4.69, 9.17) is 4.42 Å². The fourth-order valence-corrected chi connectivity index (χ4v) is 2.29. The van der Waals surface area contributed by atoms with Crippen LogP contribution >= 0.6 is 0 Å². The molecule has 0 bridgehead atoms. The van der Waals surface area contributed by atoms with Gasteiger partial charge in [-0.1, -0.05) is 26.0 Å². The fourth-order valence-electron chi connectivity index (χ4n) is 2.29. The summed E-state index contributed by atoms with van der Waals surface area (Å²) in [6, 6.07) is 11.2. The van der Waals surface area contributed by atoms with E-state index >= 15 is 0 Å². The summed E-state index contributed by atoms with van der Waals surface area (Å²) in [4.78, 5) is 0. The van der Waals surface area contributed by atoms with Crippen molar-refractivity contribution in [2.75, 3.05) is 6.54 Å². The van der Waals surface area contributed by atoms with E-state index < -0.39 is 0 Å². The maximum Gasteiger partial charge on any atom is 0.123 e. The molecular weight excluding hydrogens is 253 g/mol. The van der Waals surface area contributed by atoms with Crippen LogP contribution in [0.5, 0.6) is 0 Å². The van der Waals surface area contributed by atoms with Crippen molar-refractivity contribution in [3.63, 3.8) is 0 Å². The molecular formula is C17H22FNO. The molecule has 1 atom stereocenters. The normalized spacial score (nSPS) is 12.8. The quantitative estimate of drug-likeness (QED) is 0.831. The first kappa shape index (κ1) is 14.8. The van der Waals surface area contributed by atoms with Crippen molar-refractivity contribution in [2.24, 2.45) is 5.92 Å². The summed E-state index contributed by atoms with van der Waals surface area (Å²) in [5.41, 5.74) is 1.16. The molecule has 1 aromatic carbocycles. The molecule has 0 spiro atoms. The van der Waals surface area contributed by atoms with Gasteiger partial charge in [0.2, 0.25) is 0 Å². The number of benzene rings is 1. The Hall–Kier alpha value is -1.61. The average molecular weight is 275 g/mol. The third-order valence-electron chi connectivity index (χ3n) is 3.32. The summed E-state index contributed by atoms with van der Waals surface area (Å²) in [6.07, 6.45) is 3.52. The molecule has 0 radical (unpaired) electrons. The Labute approximate surface area is 120 Å². The third-order valence-corrected chi connectivity index (χ3v) is 3.32. The number of nitrogens with one attached hydrogen (secondary N) is 1. The minimum absolute atomic E-state index is 0.184. The van der Waals surface area contributed by atoms with Crippen molar-refractivity contribution in [1.82, 2.24) is 5.32 Å². The standard InChI is InChI=1S/C17H22FNO/c1-13(2)19-12-15(11-17-4-3-9-20-17)10-14-5-7-16(18)8-6-14/h3-9,13,15,19H,10-12H2,1-2H3. The van der Waals surface area contributed by atoms with Gasteiger partial charge in [0.1, 0.15) is 11.6 Å². The minimum Gasteiger partial charge on any atom is -0.469 e. The van der Waals surface area contributed by atoms with Crippen LogP contribution in [-0.4, -0.2) is 12.6 Å². The van der Waals surface area contributed by atoms with Crippen LogP contribution in [0, 0.1) is 11.7 Å². The zero-order chi connectivity index (χ0) is 14.4. The van der Waals surface area contributed by atoms with Crippen LogP contribution in [0.25, 0.3) is 0 Å². The largest absolute Gasteiger partial charge is 0.469 e. The van der Waals surface area contributed by atoms with Crippen LogP contribution in [0.3, 0.4) is 0 Å². The minimum atomic E-state index is -0.184. The molecule has 0 saturated carbocycles. The van der Waals surface area contributed by atoms with Gasteiger partial charge in [-0.15, -0.1) is 0 Å². The Morgan fingerprint density at radius 3 is 2.45 bits per heavy atom. The maximum absolute atomic E-state index is 13.0. The lowest BCUT2D eigenvalue weighted by atomic mass is 9.94. The molecule has 0 aliphatic heterocycles. The van der Waals surface area contributed by atoms with E-state index in [1.807, 2.05) is 24.3 Å². The molecule has 2 aromatic rings. The second kappa shape index (κ2) is 7.25. The van der Waals surface area contributed by atoms with Gasteiger partial charge in [0.25, 0.3) is 0 Å². The highest BCUT2D eigenvalue weighted by atomic mass is 19.1. The Morgan fingerprint density at radius 1 is 1.10 bits per heavy atom. The van der Waals surface area contributed by atoms with Crippen molar-refractivity contribution in [2.45, 2.75) is 32.7 Å². The summed E-state index contributed by atoms with van der Waals surface area (Å²) in [7, 11) is 0. The average Bonchev–Trinajstić information content (AvgIpc) is 2.91. The number of furan rings is 1. The van der Waals surface area contributed by atoms with Crippen LogP contribution in [-0.2, 0) is 12.8 Å². The first-order valence-electron chi connectivity index (χ1n) is 7.13. The van der Waals surface area contributed by atoms with Gasteiger partial charge in [-0.05, 0) is 48.7 Å². The molecule has 0 amide bonds. The van der Waals surface area contributed by atoms with Gasteiger partial charge in [-0.3, -0.25) is 0 Å². The van der Waals surface area contributed by atoms with Crippen LogP contribution in [0.4, 0.5) is 4.39 Å². The molecule has 0 saturated heterocycles. The van der Waals surface area contributed by atoms with E-state index in [-0.39, 0.29) is 5.82 Å². The molecule has 3 heteroatoms. The highest BCUT2D eigenvalue weighted by Crippen LogP contribution is 2.15. The van der Waals surface area contributed by atoms with Gasteiger partial charge >= 0.3 is 0 Å². The number of hydrogen-bond donors (Lipinski definition) is 1. The first-order valence-corrected chi connectivity index (χ1v) is 7.13. The van der Waals surface area contributed by atoms with Crippen LogP contribution in [0.15, 0.2) is 47.1 Å². The summed E-state index contributed by atoms with van der Waals surface area (Å²) < 4.78 is 18.4. The predicted octanol–water partition coefficient (Wildman–Crippen LogP) is 3.82. The highest BCUT2D eigenvalue weighted by Gasteiger charge is 2.13. The molecule has 0 aliphatic carbocycles. The Kier molecular flexibility index (Phi) is 5.36. The summed E-state index contributed by atoms with van der Waals surface area (Å²) in [6.45, 7) is 5.21. The molecule has 2 rings (SSSR count). The predicted molar refractivity (Wildman–Crippen MR) is 79.1 cm³/mol. The van der Waals surface area contributed by atoms with Crippen molar-refractivity contribution in [1.29, 1.82) is 0 Å². The van der Waals surface area contributed by atoms with Gasteiger partial charge in [-0.25, -0.2) is 4.39 Å². The second-order valence-corrected chi connectivity index (χ2v) is 5.54. The van der Waals surface area contributed by atoms with Crippen molar-refractivity contribution < 1.29 is 8.81 Å². The topological polar surface area (TPSA) is 25.2 Å². The van der Waals surface area contributed by atoms with Gasteiger partial charge in [0.05, 0.1) is 6.26 Å². The second-order valence-electron chi connectivity index (χ2n) is 5.54. The van der Waals surface area contributed by atoms with E-state index in [0.29, 0.717) is 12.0 Å². The van der Waals surface area contributed by atoms with Gasteiger partial charge in [-0.2, -0.15) is 0 Å². The van der Waals surface area contributed by atoms with Gasteiger partial charge < -0.3 is 9.73 Å². The first-order chi connectivity index (χ1) is 9.63. The van der Waals surface area contributed by atoms with Gasteiger partial charge in [0, 0.05) is 12.5 Å². The van der Waals surface area contributed by atoms with Crippen LogP contribution in [0.1, 0.15) is 25.2 Å². The molecule has 1 heterocycles. The van der Waals surface area contributed by atoms with E-state index in [1.54, 1.807) is 6.26 Å². The van der Waals surface area contributed by atoms with E-state index in [9.17, 15) is 4.39 Å². The molecule has 20 heavy (non-hydrogen) atoms. The lowest BCUT2D eigenvalue weighted by molar-refractivity contribution is 0.402. The van der Waals surface area contributed by atoms with Crippen molar-refractivity contribution in [3.8, 4) is 0 Å².